The van der Waals surface area contributed by atoms with E-state index in [-0.39, 0.29) is 29.9 Å². The third kappa shape index (κ3) is 5.88. The van der Waals surface area contributed by atoms with E-state index < -0.39 is 0 Å². The first kappa shape index (κ1) is 21.8. The zero-order valence-electron chi connectivity index (χ0n) is 15.3. The van der Waals surface area contributed by atoms with Crippen molar-refractivity contribution >= 4 is 41.5 Å². The van der Waals surface area contributed by atoms with Crippen LogP contribution in [0.4, 0.5) is 0 Å². The highest BCUT2D eigenvalue weighted by Gasteiger charge is 2.17. The molecule has 0 saturated carbocycles. The lowest BCUT2D eigenvalue weighted by atomic mass is 10.00. The Kier molecular flexibility index (Phi) is 8.71. The van der Waals surface area contributed by atoms with Crippen LogP contribution >= 0.6 is 35.6 Å². The minimum absolute atomic E-state index is 0. The lowest BCUT2D eigenvalue weighted by molar-refractivity contribution is 0.391. The Morgan fingerprint density at radius 1 is 1.40 bits per heavy atom. The standard InChI is InChI=1S/C18H25ClN4O.HI/c1-12(17-13(2)22-24-14(17)3)10-21-18(20-4)23(5)11-15-7-6-8-16(19)9-15;/h6-9,12H,10-11H2,1-5H3,(H,20,21);1H. The molecular formula is C18H26ClIN4O. The number of halogens is 2. The molecule has 0 aliphatic carbocycles. The van der Waals surface area contributed by atoms with E-state index in [9.17, 15) is 0 Å². The average molecular weight is 477 g/mol. The number of aliphatic imine (C=N–C) groups is 1. The van der Waals surface area contributed by atoms with Gasteiger partial charge >= 0.3 is 0 Å². The Bertz CT molecular complexity index is 697. The molecule has 0 radical (unpaired) electrons. The fourth-order valence-corrected chi connectivity index (χ4v) is 3.12. The number of nitrogens with zero attached hydrogens (tertiary/aromatic N) is 3. The molecule has 138 valence electrons. The first-order chi connectivity index (χ1) is 11.4. The number of aryl methyl sites for hydroxylation is 2. The SMILES string of the molecule is CN=C(NCC(C)c1c(C)noc1C)N(C)Cc1cccc(Cl)c1.I. The molecule has 2 rings (SSSR count). The zero-order valence-corrected chi connectivity index (χ0v) is 18.4. The summed E-state index contributed by atoms with van der Waals surface area (Å²) >= 11 is 6.05. The third-order valence-electron chi connectivity index (χ3n) is 4.03. The Labute approximate surface area is 171 Å². The zero-order chi connectivity index (χ0) is 17.7. The van der Waals surface area contributed by atoms with E-state index in [1.165, 1.54) is 0 Å². The van der Waals surface area contributed by atoms with Crippen LogP contribution in [0, 0.1) is 13.8 Å². The van der Waals surface area contributed by atoms with Gasteiger partial charge in [0, 0.05) is 43.7 Å². The summed E-state index contributed by atoms with van der Waals surface area (Å²) in [5.41, 5.74) is 3.26. The van der Waals surface area contributed by atoms with Gasteiger partial charge in [0.2, 0.25) is 0 Å². The number of guanidine groups is 1. The lowest BCUT2D eigenvalue weighted by Gasteiger charge is -2.23. The van der Waals surface area contributed by atoms with Crippen LogP contribution in [-0.4, -0.2) is 36.7 Å². The maximum absolute atomic E-state index is 6.05. The third-order valence-corrected chi connectivity index (χ3v) is 4.26. The topological polar surface area (TPSA) is 53.7 Å². The molecule has 1 aromatic carbocycles. The number of hydrogen-bond donors (Lipinski definition) is 1. The largest absolute Gasteiger partial charge is 0.361 e. The molecule has 0 saturated heterocycles. The number of hydrogen-bond acceptors (Lipinski definition) is 3. The van der Waals surface area contributed by atoms with Gasteiger partial charge in [-0.15, -0.1) is 24.0 Å². The highest BCUT2D eigenvalue weighted by Crippen LogP contribution is 2.22. The van der Waals surface area contributed by atoms with E-state index in [2.05, 4.69) is 33.4 Å². The van der Waals surface area contributed by atoms with Gasteiger partial charge in [-0.1, -0.05) is 35.8 Å². The number of rotatable bonds is 5. The van der Waals surface area contributed by atoms with Crippen molar-refractivity contribution in [3.05, 3.63) is 51.9 Å². The van der Waals surface area contributed by atoms with Crippen molar-refractivity contribution in [3.8, 4) is 0 Å². The molecule has 0 bridgehead atoms. The highest BCUT2D eigenvalue weighted by atomic mass is 127. The van der Waals surface area contributed by atoms with Crippen molar-refractivity contribution in [2.75, 3.05) is 20.6 Å². The number of aromatic nitrogens is 1. The van der Waals surface area contributed by atoms with E-state index in [1.807, 2.05) is 39.1 Å². The summed E-state index contributed by atoms with van der Waals surface area (Å²) in [6.45, 7) is 7.58. The van der Waals surface area contributed by atoms with Crippen molar-refractivity contribution in [1.82, 2.24) is 15.4 Å². The summed E-state index contributed by atoms with van der Waals surface area (Å²) in [6, 6.07) is 7.87. The Morgan fingerprint density at radius 3 is 2.68 bits per heavy atom. The van der Waals surface area contributed by atoms with Crippen molar-refractivity contribution in [2.24, 2.45) is 4.99 Å². The van der Waals surface area contributed by atoms with Crippen molar-refractivity contribution in [3.63, 3.8) is 0 Å². The second-order valence-electron chi connectivity index (χ2n) is 6.05. The Morgan fingerprint density at radius 2 is 2.12 bits per heavy atom. The molecule has 2 aromatic rings. The van der Waals surface area contributed by atoms with Gasteiger partial charge in [0.15, 0.2) is 5.96 Å². The highest BCUT2D eigenvalue weighted by molar-refractivity contribution is 14.0. The normalized spacial score (nSPS) is 12.5. The molecule has 1 heterocycles. The monoisotopic (exact) mass is 476 g/mol. The van der Waals surface area contributed by atoms with Crippen LogP contribution in [-0.2, 0) is 6.54 Å². The Hall–Kier alpha value is -1.28. The molecule has 1 unspecified atom stereocenters. The van der Waals surface area contributed by atoms with Gasteiger partial charge in [-0.2, -0.15) is 0 Å². The fraction of sp³-hybridized carbons (Fsp3) is 0.444. The summed E-state index contributed by atoms with van der Waals surface area (Å²) in [5.74, 6) is 2.00. The van der Waals surface area contributed by atoms with E-state index in [4.69, 9.17) is 16.1 Å². The van der Waals surface area contributed by atoms with Crippen LogP contribution in [0.15, 0.2) is 33.8 Å². The van der Waals surface area contributed by atoms with E-state index >= 15 is 0 Å². The molecule has 5 nitrogen and oxygen atoms in total. The molecule has 1 aromatic heterocycles. The molecule has 0 aliphatic rings. The predicted octanol–water partition coefficient (Wildman–Crippen LogP) is 4.37. The quantitative estimate of drug-likeness (QED) is 0.395. The van der Waals surface area contributed by atoms with Crippen LogP contribution in [0.1, 0.15) is 35.4 Å². The number of benzene rings is 1. The van der Waals surface area contributed by atoms with E-state index in [0.29, 0.717) is 0 Å². The molecule has 1 atom stereocenters. The first-order valence-corrected chi connectivity index (χ1v) is 8.39. The minimum atomic E-state index is 0. The van der Waals surface area contributed by atoms with Gasteiger partial charge in [-0.25, -0.2) is 0 Å². The lowest BCUT2D eigenvalue weighted by Crippen LogP contribution is -2.40. The minimum Gasteiger partial charge on any atom is -0.361 e. The summed E-state index contributed by atoms with van der Waals surface area (Å²) < 4.78 is 5.26. The van der Waals surface area contributed by atoms with Gasteiger partial charge in [0.1, 0.15) is 5.76 Å². The fourth-order valence-electron chi connectivity index (χ4n) is 2.91. The van der Waals surface area contributed by atoms with Crippen molar-refractivity contribution < 1.29 is 4.52 Å². The van der Waals surface area contributed by atoms with Crippen LogP contribution in [0.5, 0.6) is 0 Å². The maximum Gasteiger partial charge on any atom is 0.193 e. The molecule has 7 heteroatoms. The smallest absolute Gasteiger partial charge is 0.193 e. The number of nitrogens with one attached hydrogen (secondary N) is 1. The molecule has 0 aliphatic heterocycles. The average Bonchev–Trinajstić information content (AvgIpc) is 2.86. The van der Waals surface area contributed by atoms with Crippen molar-refractivity contribution in [2.45, 2.75) is 33.2 Å². The van der Waals surface area contributed by atoms with Gasteiger partial charge in [0.25, 0.3) is 0 Å². The second kappa shape index (κ2) is 10.0. The molecule has 0 fully saturated rings. The van der Waals surface area contributed by atoms with Gasteiger partial charge in [-0.3, -0.25) is 4.99 Å². The van der Waals surface area contributed by atoms with Gasteiger partial charge < -0.3 is 14.7 Å². The predicted molar refractivity (Wildman–Crippen MR) is 114 cm³/mol. The van der Waals surface area contributed by atoms with E-state index in [1.54, 1.807) is 7.05 Å². The molecule has 0 amide bonds. The molecule has 0 spiro atoms. The summed E-state index contributed by atoms with van der Waals surface area (Å²) in [6.07, 6.45) is 0. The molecule has 25 heavy (non-hydrogen) atoms. The van der Waals surface area contributed by atoms with Crippen LogP contribution in [0.25, 0.3) is 0 Å². The summed E-state index contributed by atoms with van der Waals surface area (Å²) in [5, 5.41) is 8.19. The molecular weight excluding hydrogens is 451 g/mol. The summed E-state index contributed by atoms with van der Waals surface area (Å²) in [7, 11) is 3.80. The first-order valence-electron chi connectivity index (χ1n) is 8.01. The van der Waals surface area contributed by atoms with Crippen molar-refractivity contribution in [1.29, 1.82) is 0 Å². The van der Waals surface area contributed by atoms with E-state index in [0.717, 1.165) is 46.7 Å². The molecule has 1 N–H and O–H groups in total. The van der Waals surface area contributed by atoms with Crippen LogP contribution in [0.2, 0.25) is 5.02 Å². The van der Waals surface area contributed by atoms with Gasteiger partial charge in [-0.05, 0) is 31.5 Å². The maximum atomic E-state index is 6.05. The van der Waals surface area contributed by atoms with Crippen LogP contribution in [0.3, 0.4) is 0 Å². The second-order valence-corrected chi connectivity index (χ2v) is 6.49. The summed E-state index contributed by atoms with van der Waals surface area (Å²) in [4.78, 5) is 6.44. The van der Waals surface area contributed by atoms with Crippen LogP contribution < -0.4 is 5.32 Å². The Balaban J connectivity index is 0.00000312. The van der Waals surface area contributed by atoms with Gasteiger partial charge in [0.05, 0.1) is 5.69 Å².